The first-order valence-electron chi connectivity index (χ1n) is 5.26. The van der Waals surface area contributed by atoms with Crippen molar-refractivity contribution in [1.29, 1.82) is 0 Å². The Labute approximate surface area is 97.9 Å². The van der Waals surface area contributed by atoms with Crippen LogP contribution in [0.2, 0.25) is 0 Å². The van der Waals surface area contributed by atoms with E-state index in [1.807, 2.05) is 37.4 Å². The first kappa shape index (κ1) is 9.77. The molecule has 0 amide bonds. The summed E-state index contributed by atoms with van der Waals surface area (Å²) < 4.78 is 1.68. The van der Waals surface area contributed by atoms with Crippen molar-refractivity contribution in [3.63, 3.8) is 0 Å². The lowest BCUT2D eigenvalue weighted by Gasteiger charge is -2.00. The molecule has 0 unspecified atom stereocenters. The zero-order valence-corrected chi connectivity index (χ0v) is 9.33. The lowest BCUT2D eigenvalue weighted by atomic mass is 10.2. The second kappa shape index (κ2) is 3.55. The van der Waals surface area contributed by atoms with Crippen LogP contribution in [0.3, 0.4) is 0 Å². The Morgan fingerprint density at radius 1 is 1.12 bits per heavy atom. The summed E-state index contributed by atoms with van der Waals surface area (Å²) in [6, 6.07) is 9.57. The third-order valence-electron chi connectivity index (χ3n) is 2.64. The van der Waals surface area contributed by atoms with Crippen LogP contribution in [-0.2, 0) is 7.05 Å². The van der Waals surface area contributed by atoms with E-state index in [0.717, 1.165) is 22.4 Å². The van der Waals surface area contributed by atoms with E-state index in [1.54, 1.807) is 10.9 Å². The molecule has 84 valence electrons. The van der Waals surface area contributed by atoms with Gasteiger partial charge in [-0.05, 0) is 24.3 Å². The maximum absolute atomic E-state index is 5.78. The number of anilines is 1. The highest BCUT2D eigenvalue weighted by Gasteiger charge is 2.08. The third-order valence-corrected chi connectivity index (χ3v) is 2.64. The van der Waals surface area contributed by atoms with Crippen LogP contribution in [0.4, 0.5) is 5.82 Å². The van der Waals surface area contributed by atoms with Gasteiger partial charge in [0.05, 0.1) is 16.8 Å². The van der Waals surface area contributed by atoms with Crippen LogP contribution < -0.4 is 5.73 Å². The first-order chi connectivity index (χ1) is 8.25. The van der Waals surface area contributed by atoms with Gasteiger partial charge in [0.1, 0.15) is 0 Å². The van der Waals surface area contributed by atoms with Crippen LogP contribution in [0.15, 0.2) is 36.5 Å². The lowest BCUT2D eigenvalue weighted by Crippen LogP contribution is -1.94. The van der Waals surface area contributed by atoms with E-state index < -0.39 is 0 Å². The quantitative estimate of drug-likeness (QED) is 0.683. The van der Waals surface area contributed by atoms with E-state index in [4.69, 9.17) is 5.73 Å². The average Bonchev–Trinajstić information content (AvgIpc) is 2.66. The second-order valence-electron chi connectivity index (χ2n) is 3.79. The molecule has 3 rings (SSSR count). The highest BCUT2D eigenvalue weighted by atomic mass is 15.3. The molecule has 17 heavy (non-hydrogen) atoms. The van der Waals surface area contributed by atoms with Crippen molar-refractivity contribution >= 4 is 16.9 Å². The SMILES string of the molecule is Cn1nc(N)c2ccc(-c3ccccn3)nc21. The standard InChI is InChI=1S/C12H11N5/c1-17-12-8(11(13)16-17)5-6-10(15-12)9-4-2-3-7-14-9/h2-7H,1H3,(H2,13,16). The van der Waals surface area contributed by atoms with Gasteiger partial charge in [0.2, 0.25) is 0 Å². The van der Waals surface area contributed by atoms with Gasteiger partial charge in [-0.1, -0.05) is 6.07 Å². The number of hydrogen-bond donors (Lipinski definition) is 1. The van der Waals surface area contributed by atoms with Crippen molar-refractivity contribution in [2.24, 2.45) is 7.05 Å². The molecule has 0 saturated carbocycles. The van der Waals surface area contributed by atoms with Crippen molar-refractivity contribution in [1.82, 2.24) is 19.7 Å². The lowest BCUT2D eigenvalue weighted by molar-refractivity contribution is 0.791. The number of hydrogen-bond acceptors (Lipinski definition) is 4. The molecule has 0 aromatic carbocycles. The molecule has 0 radical (unpaired) electrons. The van der Waals surface area contributed by atoms with Gasteiger partial charge in [-0.3, -0.25) is 4.98 Å². The Bertz CT molecular complexity index is 672. The molecule has 5 heteroatoms. The van der Waals surface area contributed by atoms with Crippen LogP contribution in [0, 0.1) is 0 Å². The summed E-state index contributed by atoms with van der Waals surface area (Å²) in [5.74, 6) is 0.502. The highest BCUT2D eigenvalue weighted by molar-refractivity contribution is 5.87. The normalized spacial score (nSPS) is 10.9. The molecule has 0 bridgehead atoms. The summed E-state index contributed by atoms with van der Waals surface area (Å²) in [6.07, 6.45) is 1.75. The number of nitrogens with two attached hydrogens (primary N) is 1. The number of nitrogens with zero attached hydrogens (tertiary/aromatic N) is 4. The number of rotatable bonds is 1. The van der Waals surface area contributed by atoms with Gasteiger partial charge < -0.3 is 5.73 Å². The van der Waals surface area contributed by atoms with Crippen molar-refractivity contribution in [3.8, 4) is 11.4 Å². The fourth-order valence-electron chi connectivity index (χ4n) is 1.81. The molecule has 0 atom stereocenters. The van der Waals surface area contributed by atoms with Gasteiger partial charge >= 0.3 is 0 Å². The van der Waals surface area contributed by atoms with Gasteiger partial charge in [-0.25, -0.2) is 9.67 Å². The van der Waals surface area contributed by atoms with Crippen molar-refractivity contribution in [2.75, 3.05) is 5.73 Å². The average molecular weight is 225 g/mol. The Morgan fingerprint density at radius 3 is 2.76 bits per heavy atom. The van der Waals surface area contributed by atoms with E-state index >= 15 is 0 Å². The monoisotopic (exact) mass is 225 g/mol. The highest BCUT2D eigenvalue weighted by Crippen LogP contribution is 2.22. The molecule has 3 heterocycles. The van der Waals surface area contributed by atoms with E-state index in [1.165, 1.54) is 0 Å². The molecular formula is C12H11N5. The molecule has 5 nitrogen and oxygen atoms in total. The maximum Gasteiger partial charge on any atom is 0.160 e. The number of aromatic nitrogens is 4. The molecule has 0 aliphatic rings. The molecule has 0 fully saturated rings. The van der Waals surface area contributed by atoms with Crippen molar-refractivity contribution < 1.29 is 0 Å². The van der Waals surface area contributed by atoms with Crippen LogP contribution in [0.5, 0.6) is 0 Å². The van der Waals surface area contributed by atoms with Crippen LogP contribution in [0.1, 0.15) is 0 Å². The van der Waals surface area contributed by atoms with Crippen molar-refractivity contribution in [2.45, 2.75) is 0 Å². The first-order valence-corrected chi connectivity index (χ1v) is 5.26. The number of fused-ring (bicyclic) bond motifs is 1. The van der Waals surface area contributed by atoms with Gasteiger partial charge in [0.25, 0.3) is 0 Å². The summed E-state index contributed by atoms with van der Waals surface area (Å²) >= 11 is 0. The van der Waals surface area contributed by atoms with E-state index in [2.05, 4.69) is 15.1 Å². The third kappa shape index (κ3) is 1.52. The Morgan fingerprint density at radius 2 is 2.00 bits per heavy atom. The van der Waals surface area contributed by atoms with Crippen LogP contribution >= 0.6 is 0 Å². The Kier molecular flexibility index (Phi) is 2.04. The van der Waals surface area contributed by atoms with Gasteiger partial charge in [-0.15, -0.1) is 0 Å². The van der Waals surface area contributed by atoms with E-state index in [0.29, 0.717) is 5.82 Å². The zero-order valence-electron chi connectivity index (χ0n) is 9.33. The predicted molar refractivity (Wildman–Crippen MR) is 66.2 cm³/mol. The topological polar surface area (TPSA) is 69.6 Å². The second-order valence-corrected chi connectivity index (χ2v) is 3.79. The van der Waals surface area contributed by atoms with Crippen LogP contribution in [0.25, 0.3) is 22.4 Å². The molecule has 0 aliphatic carbocycles. The fraction of sp³-hybridized carbons (Fsp3) is 0.0833. The molecule has 3 aromatic heterocycles. The number of pyridine rings is 2. The molecule has 0 saturated heterocycles. The van der Waals surface area contributed by atoms with Crippen LogP contribution in [-0.4, -0.2) is 19.7 Å². The van der Waals surface area contributed by atoms with Gasteiger partial charge in [0.15, 0.2) is 11.5 Å². The smallest absolute Gasteiger partial charge is 0.160 e. The maximum atomic E-state index is 5.78. The zero-order chi connectivity index (χ0) is 11.8. The molecule has 0 spiro atoms. The molecule has 0 aliphatic heterocycles. The molecule has 3 aromatic rings. The summed E-state index contributed by atoms with van der Waals surface area (Å²) in [5.41, 5.74) is 8.21. The summed E-state index contributed by atoms with van der Waals surface area (Å²) in [4.78, 5) is 8.79. The molecular weight excluding hydrogens is 214 g/mol. The summed E-state index contributed by atoms with van der Waals surface area (Å²) in [7, 11) is 1.83. The summed E-state index contributed by atoms with van der Waals surface area (Å²) in [6.45, 7) is 0. The van der Waals surface area contributed by atoms with Gasteiger partial charge in [0, 0.05) is 13.2 Å². The fourth-order valence-corrected chi connectivity index (χ4v) is 1.81. The number of aryl methyl sites for hydroxylation is 1. The molecule has 2 N–H and O–H groups in total. The Balaban J connectivity index is 2.24. The van der Waals surface area contributed by atoms with E-state index in [9.17, 15) is 0 Å². The van der Waals surface area contributed by atoms with Crippen molar-refractivity contribution in [3.05, 3.63) is 36.5 Å². The Hall–Kier alpha value is -2.43. The predicted octanol–water partition coefficient (Wildman–Crippen LogP) is 1.61. The minimum absolute atomic E-state index is 0.502. The summed E-state index contributed by atoms with van der Waals surface area (Å²) in [5, 5.41) is 5.00. The minimum Gasteiger partial charge on any atom is -0.382 e. The van der Waals surface area contributed by atoms with E-state index in [-0.39, 0.29) is 0 Å². The van der Waals surface area contributed by atoms with Gasteiger partial charge in [-0.2, -0.15) is 5.10 Å². The largest absolute Gasteiger partial charge is 0.382 e. The number of nitrogen functional groups attached to an aromatic ring is 1. The minimum atomic E-state index is 0.502.